The zero-order chi connectivity index (χ0) is 12.6. The van der Waals surface area contributed by atoms with E-state index in [0.29, 0.717) is 12.0 Å². The van der Waals surface area contributed by atoms with E-state index in [1.807, 2.05) is 26.0 Å². The highest BCUT2D eigenvalue weighted by Crippen LogP contribution is 2.06. The molecular weight excluding hydrogens is 200 g/mol. The predicted molar refractivity (Wildman–Crippen MR) is 64.9 cm³/mol. The van der Waals surface area contributed by atoms with Crippen molar-refractivity contribution >= 4 is 5.78 Å². The molecule has 0 fully saturated rings. The third kappa shape index (κ3) is 4.72. The number of nitriles is 1. The Morgan fingerprint density at radius 1 is 1.50 bits per heavy atom. The third-order valence-electron chi connectivity index (χ3n) is 2.03. The van der Waals surface area contributed by atoms with Gasteiger partial charge in [-0.2, -0.15) is 5.26 Å². The van der Waals surface area contributed by atoms with E-state index in [-0.39, 0.29) is 5.78 Å². The van der Waals surface area contributed by atoms with Crippen LogP contribution in [0.15, 0.2) is 24.3 Å². The van der Waals surface area contributed by atoms with Gasteiger partial charge < -0.3 is 5.73 Å². The van der Waals surface area contributed by atoms with Gasteiger partial charge in [0, 0.05) is 0 Å². The van der Waals surface area contributed by atoms with Crippen molar-refractivity contribution in [3.05, 3.63) is 35.4 Å². The van der Waals surface area contributed by atoms with E-state index in [1.54, 1.807) is 18.2 Å². The van der Waals surface area contributed by atoms with Crippen LogP contribution in [-0.2, 0) is 11.2 Å². The summed E-state index contributed by atoms with van der Waals surface area (Å²) in [5, 5.41) is 8.66. The molecule has 0 unspecified atom stereocenters. The molecule has 0 saturated heterocycles. The van der Waals surface area contributed by atoms with Gasteiger partial charge in [0.25, 0.3) is 0 Å². The SMILES string of the molecule is CC.CC(=O)[C@@H](N)Cc1cccc(C#N)c1. The molecule has 1 rings (SSSR count). The summed E-state index contributed by atoms with van der Waals surface area (Å²) >= 11 is 0. The monoisotopic (exact) mass is 218 g/mol. The Bertz CT molecular complexity index is 380. The number of hydrogen-bond donors (Lipinski definition) is 1. The first-order chi connectivity index (χ1) is 7.63. The maximum Gasteiger partial charge on any atom is 0.146 e. The molecule has 3 nitrogen and oxygen atoms in total. The Labute approximate surface area is 96.9 Å². The standard InChI is InChI=1S/C11H12N2O.C2H6/c1-8(14)11(13)6-9-3-2-4-10(5-9)7-12;1-2/h2-5,11H,6,13H2,1H3;1-2H3/t11-;/m0./s1. The molecular formula is C13H18N2O. The molecule has 2 N–H and O–H groups in total. The van der Waals surface area contributed by atoms with Gasteiger partial charge in [-0.05, 0) is 31.0 Å². The number of carbonyl (C=O) groups is 1. The first-order valence-corrected chi connectivity index (χ1v) is 5.38. The molecule has 86 valence electrons. The minimum Gasteiger partial charge on any atom is -0.321 e. The van der Waals surface area contributed by atoms with Crippen LogP contribution in [0.3, 0.4) is 0 Å². The molecule has 16 heavy (non-hydrogen) atoms. The van der Waals surface area contributed by atoms with E-state index >= 15 is 0 Å². The van der Waals surface area contributed by atoms with E-state index in [2.05, 4.69) is 0 Å². The van der Waals surface area contributed by atoms with Gasteiger partial charge in [0.15, 0.2) is 0 Å². The molecule has 0 spiro atoms. The molecule has 1 aromatic rings. The zero-order valence-corrected chi connectivity index (χ0v) is 10.0. The summed E-state index contributed by atoms with van der Waals surface area (Å²) in [6.07, 6.45) is 0.491. The number of hydrogen-bond acceptors (Lipinski definition) is 3. The van der Waals surface area contributed by atoms with Crippen LogP contribution in [0.4, 0.5) is 0 Å². The van der Waals surface area contributed by atoms with Crippen molar-refractivity contribution in [2.75, 3.05) is 0 Å². The van der Waals surface area contributed by atoms with Crippen LogP contribution in [0.2, 0.25) is 0 Å². The average Bonchev–Trinajstić information content (AvgIpc) is 2.31. The maximum absolute atomic E-state index is 10.9. The second-order valence-corrected chi connectivity index (χ2v) is 3.23. The molecule has 3 heteroatoms. The molecule has 0 radical (unpaired) electrons. The first kappa shape index (κ1) is 14.3. The summed E-state index contributed by atoms with van der Waals surface area (Å²) in [6, 6.07) is 8.71. The van der Waals surface area contributed by atoms with Crippen LogP contribution in [0.25, 0.3) is 0 Å². The summed E-state index contributed by atoms with van der Waals surface area (Å²) in [4.78, 5) is 10.9. The minimum atomic E-state index is -0.469. The molecule has 0 saturated carbocycles. The van der Waals surface area contributed by atoms with Gasteiger partial charge in [-0.25, -0.2) is 0 Å². The molecule has 0 amide bonds. The Hall–Kier alpha value is -1.66. The largest absolute Gasteiger partial charge is 0.321 e. The first-order valence-electron chi connectivity index (χ1n) is 5.38. The lowest BCUT2D eigenvalue weighted by Crippen LogP contribution is -2.30. The van der Waals surface area contributed by atoms with Crippen LogP contribution in [0.5, 0.6) is 0 Å². The van der Waals surface area contributed by atoms with Crippen molar-refractivity contribution in [2.45, 2.75) is 33.2 Å². The fraction of sp³-hybridized carbons (Fsp3) is 0.385. The minimum absolute atomic E-state index is 0.0349. The Balaban J connectivity index is 0.00000106. The molecule has 0 aliphatic rings. The van der Waals surface area contributed by atoms with Gasteiger partial charge in [-0.1, -0.05) is 26.0 Å². The van der Waals surface area contributed by atoms with Crippen molar-refractivity contribution in [3.8, 4) is 6.07 Å². The number of Topliss-reactive ketones (excluding diaryl/α,β-unsaturated/α-hetero) is 1. The number of ketones is 1. The molecule has 0 aromatic heterocycles. The summed E-state index contributed by atoms with van der Waals surface area (Å²) in [7, 11) is 0. The second-order valence-electron chi connectivity index (χ2n) is 3.23. The van der Waals surface area contributed by atoms with Gasteiger partial charge in [-0.3, -0.25) is 4.79 Å². The fourth-order valence-corrected chi connectivity index (χ4v) is 1.17. The molecule has 1 atom stereocenters. The van der Waals surface area contributed by atoms with Gasteiger partial charge >= 0.3 is 0 Å². The molecule has 0 aliphatic heterocycles. The highest BCUT2D eigenvalue weighted by molar-refractivity contribution is 5.81. The Morgan fingerprint density at radius 3 is 2.62 bits per heavy atom. The molecule has 0 aliphatic carbocycles. The normalized spacial score (nSPS) is 10.7. The van der Waals surface area contributed by atoms with E-state index in [9.17, 15) is 4.79 Å². The van der Waals surface area contributed by atoms with E-state index in [4.69, 9.17) is 11.0 Å². The van der Waals surface area contributed by atoms with Gasteiger partial charge in [-0.15, -0.1) is 0 Å². The summed E-state index contributed by atoms with van der Waals surface area (Å²) < 4.78 is 0. The van der Waals surface area contributed by atoms with Crippen LogP contribution in [0.1, 0.15) is 31.9 Å². The van der Waals surface area contributed by atoms with Crippen LogP contribution < -0.4 is 5.73 Å². The maximum atomic E-state index is 10.9. The molecule has 0 bridgehead atoms. The highest BCUT2D eigenvalue weighted by atomic mass is 16.1. The Morgan fingerprint density at radius 2 is 2.12 bits per heavy atom. The molecule has 1 aromatic carbocycles. The van der Waals surface area contributed by atoms with E-state index in [0.717, 1.165) is 5.56 Å². The number of benzene rings is 1. The highest BCUT2D eigenvalue weighted by Gasteiger charge is 2.08. The van der Waals surface area contributed by atoms with Crippen LogP contribution in [-0.4, -0.2) is 11.8 Å². The van der Waals surface area contributed by atoms with Crippen LogP contribution in [0, 0.1) is 11.3 Å². The summed E-state index contributed by atoms with van der Waals surface area (Å²) in [5.74, 6) is -0.0349. The van der Waals surface area contributed by atoms with Crippen molar-refractivity contribution in [1.29, 1.82) is 5.26 Å². The number of nitrogens with two attached hydrogens (primary N) is 1. The van der Waals surface area contributed by atoms with Crippen molar-refractivity contribution in [1.82, 2.24) is 0 Å². The lowest BCUT2D eigenvalue weighted by Gasteiger charge is -2.07. The number of nitrogens with zero attached hydrogens (tertiary/aromatic N) is 1. The summed E-state index contributed by atoms with van der Waals surface area (Å²) in [5.41, 5.74) is 7.13. The predicted octanol–water partition coefficient (Wildman–Crippen LogP) is 2.04. The fourth-order valence-electron chi connectivity index (χ4n) is 1.17. The van der Waals surface area contributed by atoms with Gasteiger partial charge in [0.1, 0.15) is 5.78 Å². The average molecular weight is 218 g/mol. The van der Waals surface area contributed by atoms with Crippen LogP contribution >= 0.6 is 0 Å². The van der Waals surface area contributed by atoms with Crippen molar-refractivity contribution < 1.29 is 4.79 Å². The number of carbonyl (C=O) groups excluding carboxylic acids is 1. The van der Waals surface area contributed by atoms with Gasteiger partial charge in [0.2, 0.25) is 0 Å². The summed E-state index contributed by atoms with van der Waals surface area (Å²) in [6.45, 7) is 5.47. The van der Waals surface area contributed by atoms with Gasteiger partial charge in [0.05, 0.1) is 17.7 Å². The number of rotatable bonds is 3. The second kappa shape index (κ2) is 7.61. The van der Waals surface area contributed by atoms with Crippen molar-refractivity contribution in [2.24, 2.45) is 5.73 Å². The van der Waals surface area contributed by atoms with E-state index in [1.165, 1.54) is 6.92 Å². The van der Waals surface area contributed by atoms with Crippen molar-refractivity contribution in [3.63, 3.8) is 0 Å². The quantitative estimate of drug-likeness (QED) is 0.844. The topological polar surface area (TPSA) is 66.9 Å². The molecule has 0 heterocycles. The van der Waals surface area contributed by atoms with E-state index < -0.39 is 6.04 Å². The lowest BCUT2D eigenvalue weighted by atomic mass is 10.0. The zero-order valence-electron chi connectivity index (χ0n) is 10.0. The lowest BCUT2D eigenvalue weighted by molar-refractivity contribution is -0.118. The smallest absolute Gasteiger partial charge is 0.146 e. The Kier molecular flexibility index (Phi) is 6.82. The third-order valence-corrected chi connectivity index (χ3v) is 2.03.